The van der Waals surface area contributed by atoms with Crippen molar-refractivity contribution in [3.8, 4) is 0 Å². The maximum atomic E-state index is 12.9. The summed E-state index contributed by atoms with van der Waals surface area (Å²) in [6, 6.07) is 5.70. The van der Waals surface area contributed by atoms with E-state index >= 15 is 0 Å². The fourth-order valence-corrected chi connectivity index (χ4v) is 3.60. The zero-order valence-corrected chi connectivity index (χ0v) is 19.8. The highest BCUT2D eigenvalue weighted by molar-refractivity contribution is 6.32. The number of rotatable bonds is 4. The molecular weight excluding hydrogens is 473 g/mol. The first kappa shape index (κ1) is 24.5. The molecule has 0 unspecified atom stereocenters. The number of nitro benzene ring substituents is 1. The summed E-state index contributed by atoms with van der Waals surface area (Å²) >= 11 is 12.0. The van der Waals surface area contributed by atoms with Crippen molar-refractivity contribution in [3.63, 3.8) is 0 Å². The summed E-state index contributed by atoms with van der Waals surface area (Å²) in [5, 5.41) is 15.0. The predicted molar refractivity (Wildman–Crippen MR) is 125 cm³/mol. The maximum Gasteiger partial charge on any atom is 0.410 e. The molecule has 10 nitrogen and oxygen atoms in total. The molecule has 0 atom stereocenters. The first-order valence-corrected chi connectivity index (χ1v) is 10.8. The Kier molecular flexibility index (Phi) is 7.28. The van der Waals surface area contributed by atoms with Crippen LogP contribution in [0.25, 0.3) is 0 Å². The Labute approximate surface area is 200 Å². The number of pyridine rings is 1. The normalized spacial score (nSPS) is 14.1. The zero-order valence-electron chi connectivity index (χ0n) is 18.3. The molecule has 33 heavy (non-hydrogen) atoms. The van der Waals surface area contributed by atoms with Gasteiger partial charge in [0.05, 0.1) is 9.95 Å². The standard InChI is InChI=1S/C21H23Cl2N5O5/c1-21(2,3)33-20(30)27-8-6-26(7-9-27)16-11-14(23)10-15(18(16)28(31)32)19(29)25-17-5-4-13(22)12-24-17/h4-5,10-12H,6-9H2,1-3H3,(H,24,25,29). The van der Waals surface area contributed by atoms with Gasteiger partial charge in [0.15, 0.2) is 0 Å². The molecule has 176 valence electrons. The van der Waals surface area contributed by atoms with Gasteiger partial charge in [0.25, 0.3) is 5.91 Å². The number of amides is 2. The molecule has 1 aromatic heterocycles. The van der Waals surface area contributed by atoms with Gasteiger partial charge in [0, 0.05) is 37.4 Å². The molecule has 0 bridgehead atoms. The molecule has 1 aliphatic heterocycles. The van der Waals surface area contributed by atoms with Crippen molar-refractivity contribution >= 4 is 52.4 Å². The van der Waals surface area contributed by atoms with Crippen molar-refractivity contribution in [2.45, 2.75) is 26.4 Å². The van der Waals surface area contributed by atoms with E-state index in [-0.39, 0.29) is 27.8 Å². The fourth-order valence-electron chi connectivity index (χ4n) is 3.28. The zero-order chi connectivity index (χ0) is 24.3. The Hall–Kier alpha value is -3.11. The fraction of sp³-hybridized carbons (Fsp3) is 0.381. The molecule has 2 amide bonds. The molecule has 1 fully saturated rings. The molecule has 0 aliphatic carbocycles. The molecule has 1 saturated heterocycles. The number of hydrogen-bond acceptors (Lipinski definition) is 7. The van der Waals surface area contributed by atoms with Gasteiger partial charge in [-0.15, -0.1) is 0 Å². The third-order valence-corrected chi connectivity index (χ3v) is 5.16. The molecule has 1 aromatic carbocycles. The van der Waals surface area contributed by atoms with Crippen molar-refractivity contribution in [3.05, 3.63) is 56.2 Å². The Morgan fingerprint density at radius 1 is 1.12 bits per heavy atom. The van der Waals surface area contributed by atoms with Crippen LogP contribution in [0.15, 0.2) is 30.5 Å². The van der Waals surface area contributed by atoms with Gasteiger partial charge in [0.1, 0.15) is 22.7 Å². The smallest absolute Gasteiger partial charge is 0.410 e. The van der Waals surface area contributed by atoms with Crippen LogP contribution in [0.2, 0.25) is 10.0 Å². The Balaban J connectivity index is 1.84. The van der Waals surface area contributed by atoms with Crippen LogP contribution in [0.1, 0.15) is 31.1 Å². The number of halogens is 2. The van der Waals surface area contributed by atoms with E-state index in [1.807, 2.05) is 0 Å². The highest BCUT2D eigenvalue weighted by Crippen LogP contribution is 2.36. The van der Waals surface area contributed by atoms with Gasteiger partial charge in [0.2, 0.25) is 0 Å². The molecule has 1 aliphatic rings. The molecule has 2 aromatic rings. The van der Waals surface area contributed by atoms with Crippen molar-refractivity contribution < 1.29 is 19.2 Å². The van der Waals surface area contributed by atoms with Crippen LogP contribution in [0.5, 0.6) is 0 Å². The molecule has 0 radical (unpaired) electrons. The van der Waals surface area contributed by atoms with E-state index in [1.54, 1.807) is 25.7 Å². The van der Waals surface area contributed by atoms with E-state index in [1.165, 1.54) is 35.4 Å². The molecule has 1 N–H and O–H groups in total. The van der Waals surface area contributed by atoms with Gasteiger partial charge in [-0.25, -0.2) is 9.78 Å². The third-order valence-electron chi connectivity index (χ3n) is 4.72. The summed E-state index contributed by atoms with van der Waals surface area (Å²) in [5.74, 6) is -0.543. The summed E-state index contributed by atoms with van der Waals surface area (Å²) < 4.78 is 5.39. The first-order valence-electron chi connectivity index (χ1n) is 10.1. The lowest BCUT2D eigenvalue weighted by Crippen LogP contribution is -2.50. The largest absolute Gasteiger partial charge is 0.444 e. The average molecular weight is 496 g/mol. The number of carbonyl (C=O) groups excluding carboxylic acids is 2. The molecular formula is C21H23Cl2N5O5. The number of benzene rings is 1. The van der Waals surface area contributed by atoms with Gasteiger partial charge in [-0.05, 0) is 45.0 Å². The molecule has 2 heterocycles. The number of nitrogens with zero attached hydrogens (tertiary/aromatic N) is 4. The minimum atomic E-state index is -0.729. The Bertz CT molecular complexity index is 1060. The van der Waals surface area contributed by atoms with Gasteiger partial charge in [-0.3, -0.25) is 14.9 Å². The minimum absolute atomic E-state index is 0.166. The van der Waals surface area contributed by atoms with Gasteiger partial charge >= 0.3 is 11.8 Å². The van der Waals surface area contributed by atoms with Crippen molar-refractivity contribution in [2.75, 3.05) is 36.4 Å². The Morgan fingerprint density at radius 2 is 1.79 bits per heavy atom. The predicted octanol–water partition coefficient (Wildman–Crippen LogP) is 4.61. The summed E-state index contributed by atoms with van der Waals surface area (Å²) in [6.07, 6.45) is 0.900. The van der Waals surface area contributed by atoms with Crippen molar-refractivity contribution in [1.29, 1.82) is 0 Å². The topological polar surface area (TPSA) is 118 Å². The van der Waals surface area contributed by atoms with Crippen molar-refractivity contribution in [2.24, 2.45) is 0 Å². The van der Waals surface area contributed by atoms with Crippen LogP contribution >= 0.6 is 23.2 Å². The quantitative estimate of drug-likeness (QED) is 0.485. The number of hydrogen-bond donors (Lipinski definition) is 1. The van der Waals surface area contributed by atoms with Crippen LogP contribution in [0.3, 0.4) is 0 Å². The molecule has 0 spiro atoms. The summed E-state index contributed by atoms with van der Waals surface area (Å²) in [4.78, 5) is 43.8. The number of aromatic nitrogens is 1. The SMILES string of the molecule is CC(C)(C)OC(=O)N1CCN(c2cc(Cl)cc(C(=O)Nc3ccc(Cl)cn3)c2[N+](=O)[O-])CC1. The van der Waals surface area contributed by atoms with Gasteiger partial charge in [-0.1, -0.05) is 23.2 Å². The van der Waals surface area contributed by atoms with Crippen LogP contribution in [0.4, 0.5) is 22.0 Å². The van der Waals surface area contributed by atoms with E-state index in [0.29, 0.717) is 31.2 Å². The highest BCUT2D eigenvalue weighted by Gasteiger charge is 2.32. The Morgan fingerprint density at radius 3 is 2.33 bits per heavy atom. The average Bonchev–Trinajstić information content (AvgIpc) is 2.73. The number of nitrogens with one attached hydrogen (secondary N) is 1. The van der Waals surface area contributed by atoms with E-state index < -0.39 is 22.5 Å². The number of piperazine rings is 1. The van der Waals surface area contributed by atoms with Crippen LogP contribution in [0, 0.1) is 10.1 Å². The van der Waals surface area contributed by atoms with Crippen molar-refractivity contribution in [1.82, 2.24) is 9.88 Å². The second-order valence-electron chi connectivity index (χ2n) is 8.35. The number of nitro groups is 1. The number of ether oxygens (including phenoxy) is 1. The summed E-state index contributed by atoms with van der Waals surface area (Å²) in [6.45, 7) is 6.55. The lowest BCUT2D eigenvalue weighted by Gasteiger charge is -2.36. The first-order chi connectivity index (χ1) is 15.4. The highest BCUT2D eigenvalue weighted by atomic mass is 35.5. The van der Waals surface area contributed by atoms with E-state index in [9.17, 15) is 19.7 Å². The lowest BCUT2D eigenvalue weighted by atomic mass is 10.1. The third kappa shape index (κ3) is 6.23. The summed E-state index contributed by atoms with van der Waals surface area (Å²) in [7, 11) is 0. The van der Waals surface area contributed by atoms with E-state index in [2.05, 4.69) is 10.3 Å². The molecule has 3 rings (SSSR count). The minimum Gasteiger partial charge on any atom is -0.444 e. The van der Waals surface area contributed by atoms with Gasteiger partial charge < -0.3 is 19.9 Å². The maximum absolute atomic E-state index is 12.9. The summed E-state index contributed by atoms with van der Waals surface area (Å²) in [5.41, 5.74) is -1.00. The van der Waals surface area contributed by atoms with Gasteiger partial charge in [-0.2, -0.15) is 0 Å². The molecule has 12 heteroatoms. The van der Waals surface area contributed by atoms with Crippen LogP contribution in [-0.2, 0) is 4.74 Å². The van der Waals surface area contributed by atoms with Crippen LogP contribution in [-0.4, -0.2) is 58.6 Å². The molecule has 0 saturated carbocycles. The van der Waals surface area contributed by atoms with E-state index in [0.717, 1.165) is 0 Å². The van der Waals surface area contributed by atoms with Crippen LogP contribution < -0.4 is 10.2 Å². The monoisotopic (exact) mass is 495 g/mol. The second kappa shape index (κ2) is 9.80. The number of carbonyl (C=O) groups is 2. The number of anilines is 2. The van der Waals surface area contributed by atoms with E-state index in [4.69, 9.17) is 27.9 Å². The lowest BCUT2D eigenvalue weighted by molar-refractivity contribution is -0.384. The second-order valence-corrected chi connectivity index (χ2v) is 9.22.